The van der Waals surface area contributed by atoms with Crippen LogP contribution in [0.5, 0.6) is 0 Å². The van der Waals surface area contributed by atoms with E-state index >= 15 is 0 Å². The molecule has 0 atom stereocenters. The highest BCUT2D eigenvalue weighted by Gasteiger charge is 2.00. The van der Waals surface area contributed by atoms with Crippen molar-refractivity contribution in [3.63, 3.8) is 0 Å². The quantitative estimate of drug-likeness (QED) is 0.225. The molecular weight excluding hydrogens is 332 g/mol. The van der Waals surface area contributed by atoms with Crippen molar-refractivity contribution in [3.8, 4) is 11.1 Å². The molecule has 0 aliphatic rings. The first-order chi connectivity index (χ1) is 13.3. The maximum atomic E-state index is 5.25. The van der Waals surface area contributed by atoms with Crippen LogP contribution in [0, 0.1) is 0 Å². The molecule has 3 heteroatoms. The van der Waals surface area contributed by atoms with Crippen molar-refractivity contribution in [1.29, 1.82) is 0 Å². The van der Waals surface area contributed by atoms with Crippen LogP contribution >= 0.6 is 0 Å². The molecule has 3 nitrogen and oxygen atoms in total. The molecule has 0 aromatic heterocycles. The minimum Gasteiger partial charge on any atom is -0.371 e. The predicted molar refractivity (Wildman–Crippen MR) is 117 cm³/mol. The number of nitrogens with one attached hydrogen (secondary N) is 2. The maximum Gasteiger partial charge on any atom is 0.0889 e. The lowest BCUT2D eigenvalue weighted by molar-refractivity contribution is 0.0464. The molecule has 0 radical (unpaired) electrons. The lowest BCUT2D eigenvalue weighted by atomic mass is 10.0. The van der Waals surface area contributed by atoms with Gasteiger partial charge in [0.1, 0.15) is 0 Å². The summed E-state index contributed by atoms with van der Waals surface area (Å²) in [6.45, 7) is 5.70. The summed E-state index contributed by atoms with van der Waals surface area (Å²) in [6.07, 6.45) is 10.3. The molecule has 0 aliphatic carbocycles. The summed E-state index contributed by atoms with van der Waals surface area (Å²) in [6, 6.07) is 17.6. The lowest BCUT2D eigenvalue weighted by Crippen LogP contribution is -2.22. The fourth-order valence-electron chi connectivity index (χ4n) is 3.12. The summed E-state index contributed by atoms with van der Waals surface area (Å²) in [5.74, 6) is 0. The first-order valence-electron chi connectivity index (χ1n) is 10.6. The van der Waals surface area contributed by atoms with Gasteiger partial charge in [0.05, 0.1) is 13.3 Å². The minimum absolute atomic E-state index is 0.604. The Balaban J connectivity index is 1.74. The van der Waals surface area contributed by atoms with Gasteiger partial charge < -0.3 is 10.2 Å². The van der Waals surface area contributed by atoms with Crippen LogP contribution in [0.25, 0.3) is 11.1 Å². The highest BCUT2D eigenvalue weighted by Crippen LogP contribution is 2.22. The molecule has 0 heterocycles. The molecule has 0 saturated carbocycles. The Labute approximate surface area is 165 Å². The number of hydroxylamine groups is 1. The number of hydrogen-bond donors (Lipinski definition) is 2. The van der Waals surface area contributed by atoms with Crippen molar-refractivity contribution in [2.24, 2.45) is 0 Å². The molecule has 0 bridgehead atoms. The third-order valence-electron chi connectivity index (χ3n) is 4.76. The molecule has 27 heavy (non-hydrogen) atoms. The van der Waals surface area contributed by atoms with Gasteiger partial charge in [-0.15, -0.1) is 0 Å². The highest BCUT2D eigenvalue weighted by molar-refractivity contribution is 5.66. The van der Waals surface area contributed by atoms with E-state index in [0.717, 1.165) is 18.7 Å². The zero-order chi connectivity index (χ0) is 19.2. The number of unbranched alkanes of at least 4 members (excludes halogenated alkanes) is 5. The second kappa shape index (κ2) is 13.3. The van der Waals surface area contributed by atoms with Crippen LogP contribution in [-0.4, -0.2) is 13.3 Å². The van der Waals surface area contributed by atoms with Gasteiger partial charge in [-0.3, -0.25) is 0 Å². The number of aryl methyl sites for hydroxylation is 1. The lowest BCUT2D eigenvalue weighted by Gasteiger charge is -2.09. The standard InChI is InChI=1S/C24H36N2O/c1-3-5-6-7-8-9-10-21-11-13-22(14-12-21)23-15-17-24(18-16-23)25-20-26-27-19-4-2/h11-18,25-26H,3-10,19-20H2,1-2H3. The molecule has 0 saturated heterocycles. The fraction of sp³-hybridized carbons (Fsp3) is 0.500. The van der Waals surface area contributed by atoms with Gasteiger partial charge in [0.15, 0.2) is 0 Å². The summed E-state index contributed by atoms with van der Waals surface area (Å²) in [5.41, 5.74) is 7.97. The molecule has 2 aromatic carbocycles. The van der Waals surface area contributed by atoms with E-state index < -0.39 is 0 Å². The Morgan fingerprint density at radius 2 is 1.33 bits per heavy atom. The normalized spacial score (nSPS) is 10.9. The smallest absolute Gasteiger partial charge is 0.0889 e. The Morgan fingerprint density at radius 3 is 2.00 bits per heavy atom. The summed E-state index contributed by atoms with van der Waals surface area (Å²) in [7, 11) is 0. The van der Waals surface area contributed by atoms with E-state index in [2.05, 4.69) is 73.2 Å². The number of benzene rings is 2. The largest absolute Gasteiger partial charge is 0.371 e. The van der Waals surface area contributed by atoms with Crippen LogP contribution in [-0.2, 0) is 11.3 Å². The summed E-state index contributed by atoms with van der Waals surface area (Å²) in [5, 5.41) is 3.30. The van der Waals surface area contributed by atoms with Gasteiger partial charge in [-0.05, 0) is 48.1 Å². The highest BCUT2D eigenvalue weighted by atomic mass is 16.6. The molecule has 2 N–H and O–H groups in total. The molecule has 148 valence electrons. The topological polar surface area (TPSA) is 33.3 Å². The van der Waals surface area contributed by atoms with Crippen molar-refractivity contribution < 1.29 is 4.84 Å². The zero-order valence-electron chi connectivity index (χ0n) is 17.1. The minimum atomic E-state index is 0.604. The number of rotatable bonds is 14. The van der Waals surface area contributed by atoms with E-state index in [0.29, 0.717) is 6.67 Å². The van der Waals surface area contributed by atoms with E-state index in [1.807, 2.05) is 0 Å². The zero-order valence-corrected chi connectivity index (χ0v) is 17.1. The molecule has 2 rings (SSSR count). The molecule has 0 aliphatic heterocycles. The van der Waals surface area contributed by atoms with Gasteiger partial charge in [-0.25, -0.2) is 0 Å². The maximum absolute atomic E-state index is 5.25. The Hall–Kier alpha value is -1.84. The fourth-order valence-corrected chi connectivity index (χ4v) is 3.12. The molecule has 0 fully saturated rings. The molecule has 0 spiro atoms. The number of anilines is 1. The average molecular weight is 369 g/mol. The van der Waals surface area contributed by atoms with Crippen molar-refractivity contribution in [2.45, 2.75) is 65.2 Å². The Morgan fingerprint density at radius 1 is 0.704 bits per heavy atom. The van der Waals surface area contributed by atoms with Gasteiger partial charge in [-0.1, -0.05) is 82.3 Å². The summed E-state index contributed by atoms with van der Waals surface area (Å²) in [4.78, 5) is 5.25. The summed E-state index contributed by atoms with van der Waals surface area (Å²) >= 11 is 0. The second-order valence-corrected chi connectivity index (χ2v) is 7.14. The second-order valence-electron chi connectivity index (χ2n) is 7.14. The Kier molecular flexibility index (Phi) is 10.6. The molecular formula is C24H36N2O. The first kappa shape index (κ1) is 21.5. The van der Waals surface area contributed by atoms with Crippen LogP contribution in [0.15, 0.2) is 48.5 Å². The molecule has 2 aromatic rings. The van der Waals surface area contributed by atoms with Crippen molar-refractivity contribution in [1.82, 2.24) is 5.48 Å². The summed E-state index contributed by atoms with van der Waals surface area (Å²) < 4.78 is 0. The van der Waals surface area contributed by atoms with Crippen LogP contribution in [0.2, 0.25) is 0 Å². The SMILES string of the molecule is CCCCCCCCc1ccc(-c2ccc(NCNOCCC)cc2)cc1. The van der Waals surface area contributed by atoms with Gasteiger partial charge in [0.2, 0.25) is 0 Å². The Bertz CT molecular complexity index is 607. The van der Waals surface area contributed by atoms with Crippen LogP contribution in [0.1, 0.15) is 64.4 Å². The van der Waals surface area contributed by atoms with Crippen LogP contribution in [0.3, 0.4) is 0 Å². The third kappa shape index (κ3) is 8.59. The van der Waals surface area contributed by atoms with Gasteiger partial charge in [0, 0.05) is 5.69 Å². The molecule has 0 unspecified atom stereocenters. The van der Waals surface area contributed by atoms with E-state index in [1.54, 1.807) is 0 Å². The van der Waals surface area contributed by atoms with Gasteiger partial charge >= 0.3 is 0 Å². The van der Waals surface area contributed by atoms with Gasteiger partial charge in [0.25, 0.3) is 0 Å². The number of hydrogen-bond acceptors (Lipinski definition) is 3. The van der Waals surface area contributed by atoms with E-state index in [9.17, 15) is 0 Å². The van der Waals surface area contributed by atoms with Gasteiger partial charge in [-0.2, -0.15) is 5.48 Å². The van der Waals surface area contributed by atoms with Crippen LogP contribution in [0.4, 0.5) is 5.69 Å². The van der Waals surface area contributed by atoms with Crippen molar-refractivity contribution in [2.75, 3.05) is 18.6 Å². The monoisotopic (exact) mass is 368 g/mol. The van der Waals surface area contributed by atoms with E-state index in [-0.39, 0.29) is 0 Å². The van der Waals surface area contributed by atoms with Crippen LogP contribution < -0.4 is 10.8 Å². The predicted octanol–water partition coefficient (Wildman–Crippen LogP) is 6.56. The van der Waals surface area contributed by atoms with Crippen molar-refractivity contribution >= 4 is 5.69 Å². The first-order valence-corrected chi connectivity index (χ1v) is 10.6. The van der Waals surface area contributed by atoms with E-state index in [4.69, 9.17) is 4.84 Å². The van der Waals surface area contributed by atoms with E-state index in [1.165, 1.54) is 61.6 Å². The van der Waals surface area contributed by atoms with Crippen molar-refractivity contribution in [3.05, 3.63) is 54.1 Å². The molecule has 0 amide bonds. The average Bonchev–Trinajstić information content (AvgIpc) is 2.71. The third-order valence-corrected chi connectivity index (χ3v) is 4.76.